The van der Waals surface area contributed by atoms with Crippen molar-refractivity contribution in [1.82, 2.24) is 4.90 Å². The maximum Gasteiger partial charge on any atom is 0.311 e. The molecule has 12 heavy (non-hydrogen) atoms. The van der Waals surface area contributed by atoms with Crippen molar-refractivity contribution in [2.75, 3.05) is 27.2 Å². The number of halogens is 1. The summed E-state index contributed by atoms with van der Waals surface area (Å²) in [6.07, 6.45) is -0.513. The Morgan fingerprint density at radius 3 is 2.83 bits per heavy atom. The number of nitrogens with zero attached hydrogens (tertiary/aromatic N) is 1. The van der Waals surface area contributed by atoms with Gasteiger partial charge in [0, 0.05) is 6.54 Å². The highest BCUT2D eigenvalue weighted by molar-refractivity contribution is 5.73. The van der Waals surface area contributed by atoms with Crippen LogP contribution in [-0.2, 0) is 9.53 Å². The first-order valence-corrected chi connectivity index (χ1v) is 4.05. The van der Waals surface area contributed by atoms with Crippen LogP contribution in [0.3, 0.4) is 0 Å². The van der Waals surface area contributed by atoms with Gasteiger partial charge in [0.25, 0.3) is 0 Å². The molecule has 0 spiro atoms. The van der Waals surface area contributed by atoms with Gasteiger partial charge < -0.3 is 9.64 Å². The van der Waals surface area contributed by atoms with Crippen LogP contribution in [0.2, 0.25) is 0 Å². The number of hydrogen-bond donors (Lipinski definition) is 0. The molecule has 0 amide bonds. The van der Waals surface area contributed by atoms with Crippen molar-refractivity contribution in [2.45, 2.75) is 12.6 Å². The maximum absolute atomic E-state index is 13.2. The van der Waals surface area contributed by atoms with Gasteiger partial charge in [-0.2, -0.15) is 0 Å². The number of rotatable bonds is 1. The molecule has 0 radical (unpaired) electrons. The van der Waals surface area contributed by atoms with Gasteiger partial charge in [-0.1, -0.05) is 0 Å². The van der Waals surface area contributed by atoms with E-state index in [1.54, 1.807) is 0 Å². The number of carbonyl (C=O) groups excluding carboxylic acids is 1. The second-order valence-electron chi connectivity index (χ2n) is 3.20. The summed E-state index contributed by atoms with van der Waals surface area (Å²) in [5.74, 6) is -0.971. The number of hydrogen-bond acceptors (Lipinski definition) is 3. The average molecular weight is 175 g/mol. The van der Waals surface area contributed by atoms with Crippen LogP contribution < -0.4 is 0 Å². The number of ether oxygens (including phenoxy) is 1. The molecule has 0 saturated carbocycles. The van der Waals surface area contributed by atoms with E-state index in [1.165, 1.54) is 7.11 Å². The fourth-order valence-electron chi connectivity index (χ4n) is 1.47. The van der Waals surface area contributed by atoms with Gasteiger partial charge in [-0.25, -0.2) is 4.39 Å². The van der Waals surface area contributed by atoms with Gasteiger partial charge >= 0.3 is 5.97 Å². The summed E-state index contributed by atoms with van der Waals surface area (Å²) in [5, 5.41) is 0. The predicted octanol–water partition coefficient (Wildman–Crippen LogP) is 0.449. The van der Waals surface area contributed by atoms with Crippen LogP contribution in [0, 0.1) is 5.92 Å². The second kappa shape index (κ2) is 3.85. The Bertz CT molecular complexity index is 174. The Hall–Kier alpha value is -0.640. The number of methoxy groups -OCH3 is 1. The van der Waals surface area contributed by atoms with E-state index in [-0.39, 0.29) is 0 Å². The molecule has 70 valence electrons. The highest BCUT2D eigenvalue weighted by Gasteiger charge is 2.33. The molecule has 1 saturated heterocycles. The number of piperidine rings is 1. The molecule has 0 aliphatic carbocycles. The lowest BCUT2D eigenvalue weighted by atomic mass is 9.95. The van der Waals surface area contributed by atoms with E-state index in [1.807, 2.05) is 11.9 Å². The number of likely N-dealkylation sites (tertiary alicyclic amines) is 1. The molecule has 0 N–H and O–H groups in total. The van der Waals surface area contributed by atoms with Gasteiger partial charge in [0.2, 0.25) is 0 Å². The Kier molecular flexibility index (Phi) is 3.03. The number of alkyl halides is 1. The topological polar surface area (TPSA) is 29.5 Å². The zero-order valence-electron chi connectivity index (χ0n) is 7.42. The van der Waals surface area contributed by atoms with Crippen LogP contribution in [-0.4, -0.2) is 44.3 Å². The van der Waals surface area contributed by atoms with Crippen LogP contribution in [0.5, 0.6) is 0 Å². The van der Waals surface area contributed by atoms with E-state index >= 15 is 0 Å². The molecule has 0 aromatic heterocycles. The summed E-state index contributed by atoms with van der Waals surface area (Å²) in [6.45, 7) is 1.10. The van der Waals surface area contributed by atoms with Crippen LogP contribution in [0.25, 0.3) is 0 Å². The molecule has 1 fully saturated rings. The van der Waals surface area contributed by atoms with Crippen LogP contribution in [0.15, 0.2) is 0 Å². The monoisotopic (exact) mass is 175 g/mol. The maximum atomic E-state index is 13.2. The molecule has 2 atom stereocenters. The van der Waals surface area contributed by atoms with Crippen LogP contribution >= 0.6 is 0 Å². The SMILES string of the molecule is COC(=O)C1CCN(C)CC1F. The van der Waals surface area contributed by atoms with E-state index in [4.69, 9.17) is 0 Å². The molecule has 0 aromatic carbocycles. The molecule has 2 unspecified atom stereocenters. The van der Waals surface area contributed by atoms with Crippen molar-refractivity contribution in [3.05, 3.63) is 0 Å². The van der Waals surface area contributed by atoms with Crippen molar-refractivity contribution in [2.24, 2.45) is 5.92 Å². The third-order valence-electron chi connectivity index (χ3n) is 2.25. The molecular formula is C8H14FNO2. The van der Waals surface area contributed by atoms with E-state index in [9.17, 15) is 9.18 Å². The fraction of sp³-hybridized carbons (Fsp3) is 0.875. The van der Waals surface area contributed by atoms with Crippen molar-refractivity contribution in [3.8, 4) is 0 Å². The summed E-state index contributed by atoms with van der Waals surface area (Å²) < 4.78 is 17.7. The Morgan fingerprint density at radius 2 is 2.33 bits per heavy atom. The van der Waals surface area contributed by atoms with Gasteiger partial charge in [-0.15, -0.1) is 0 Å². The Labute approximate surface area is 71.5 Å². The second-order valence-corrected chi connectivity index (χ2v) is 3.20. The molecule has 4 heteroatoms. The zero-order chi connectivity index (χ0) is 9.14. The summed E-state index contributed by atoms with van der Waals surface area (Å²) in [5.41, 5.74) is 0. The van der Waals surface area contributed by atoms with Crippen LogP contribution in [0.4, 0.5) is 4.39 Å². The van der Waals surface area contributed by atoms with E-state index in [2.05, 4.69) is 4.74 Å². The highest BCUT2D eigenvalue weighted by atomic mass is 19.1. The standard InChI is InChI=1S/C8H14FNO2/c1-10-4-3-6(7(9)5-10)8(11)12-2/h6-7H,3-5H2,1-2H3. The minimum atomic E-state index is -1.07. The van der Waals surface area contributed by atoms with E-state index in [0.717, 1.165) is 6.54 Å². The summed E-state index contributed by atoms with van der Waals surface area (Å²) in [6, 6.07) is 0. The van der Waals surface area contributed by atoms with Gasteiger partial charge in [-0.3, -0.25) is 4.79 Å². The molecule has 1 heterocycles. The smallest absolute Gasteiger partial charge is 0.311 e. The summed E-state index contributed by atoms with van der Waals surface area (Å²) >= 11 is 0. The van der Waals surface area contributed by atoms with E-state index in [0.29, 0.717) is 13.0 Å². The zero-order valence-corrected chi connectivity index (χ0v) is 7.42. The molecule has 3 nitrogen and oxygen atoms in total. The van der Waals surface area contributed by atoms with E-state index < -0.39 is 18.1 Å². The Balaban J connectivity index is 2.50. The fourth-order valence-corrected chi connectivity index (χ4v) is 1.47. The molecular weight excluding hydrogens is 161 g/mol. The van der Waals surface area contributed by atoms with Crippen LogP contribution in [0.1, 0.15) is 6.42 Å². The first kappa shape index (κ1) is 9.45. The van der Waals surface area contributed by atoms with Crippen molar-refractivity contribution in [3.63, 3.8) is 0 Å². The van der Waals surface area contributed by atoms with Crippen molar-refractivity contribution >= 4 is 5.97 Å². The molecule has 1 aliphatic rings. The lowest BCUT2D eigenvalue weighted by Crippen LogP contribution is -2.42. The first-order valence-electron chi connectivity index (χ1n) is 4.05. The minimum Gasteiger partial charge on any atom is -0.469 e. The Morgan fingerprint density at radius 1 is 1.67 bits per heavy atom. The molecule has 1 aliphatic heterocycles. The highest BCUT2D eigenvalue weighted by Crippen LogP contribution is 2.20. The average Bonchev–Trinajstić information content (AvgIpc) is 2.03. The lowest BCUT2D eigenvalue weighted by molar-refractivity contribution is -0.149. The van der Waals surface area contributed by atoms with Gasteiger partial charge in [0.05, 0.1) is 13.0 Å². The first-order chi connectivity index (χ1) is 5.65. The quantitative estimate of drug-likeness (QED) is 0.542. The largest absolute Gasteiger partial charge is 0.469 e. The summed E-state index contributed by atoms with van der Waals surface area (Å²) in [4.78, 5) is 12.9. The molecule has 0 bridgehead atoms. The molecule has 0 aromatic rings. The lowest BCUT2D eigenvalue weighted by Gasteiger charge is -2.30. The number of esters is 1. The number of carbonyl (C=O) groups is 1. The summed E-state index contributed by atoms with van der Waals surface area (Å²) in [7, 11) is 3.15. The normalized spacial score (nSPS) is 31.6. The molecule has 1 rings (SSSR count). The van der Waals surface area contributed by atoms with Gasteiger partial charge in [-0.05, 0) is 20.0 Å². The third kappa shape index (κ3) is 1.94. The van der Waals surface area contributed by atoms with Crippen molar-refractivity contribution in [1.29, 1.82) is 0 Å². The van der Waals surface area contributed by atoms with Crippen molar-refractivity contribution < 1.29 is 13.9 Å². The minimum absolute atomic E-state index is 0.333. The van der Waals surface area contributed by atoms with Gasteiger partial charge in [0.15, 0.2) is 0 Å². The predicted molar refractivity (Wildman–Crippen MR) is 42.5 cm³/mol. The third-order valence-corrected chi connectivity index (χ3v) is 2.25. The van der Waals surface area contributed by atoms with Gasteiger partial charge in [0.1, 0.15) is 6.17 Å².